The summed E-state index contributed by atoms with van der Waals surface area (Å²) in [4.78, 5) is 14.6. The van der Waals surface area contributed by atoms with Gasteiger partial charge >= 0.3 is 10.1 Å². The van der Waals surface area contributed by atoms with Crippen LogP contribution in [-0.2, 0) is 16.7 Å². The largest absolute Gasteiger partial charge is 0.382 e. The molecule has 0 spiro atoms. The number of halogens is 2. The summed E-state index contributed by atoms with van der Waals surface area (Å²) in [6.07, 6.45) is 0. The van der Waals surface area contributed by atoms with E-state index in [0.29, 0.717) is 22.2 Å². The number of benzene rings is 2. The Morgan fingerprint density at radius 2 is 1.81 bits per heavy atom. The Kier molecular flexibility index (Phi) is 7.14. The molecule has 8 heteroatoms. The fourth-order valence-electron chi connectivity index (χ4n) is 2.38. The maximum atomic E-state index is 12.9. The van der Waals surface area contributed by atoms with Gasteiger partial charge in [-0.1, -0.05) is 35.3 Å². The second-order valence-electron chi connectivity index (χ2n) is 6.23. The monoisotopic (exact) mass is 429 g/mol. The van der Waals surface area contributed by atoms with E-state index in [9.17, 15) is 13.2 Å². The van der Waals surface area contributed by atoms with Crippen molar-refractivity contribution in [3.63, 3.8) is 0 Å². The van der Waals surface area contributed by atoms with Crippen LogP contribution in [0.4, 0.5) is 0 Å². The van der Waals surface area contributed by atoms with Crippen LogP contribution in [0.1, 0.15) is 36.7 Å². The SMILES string of the molecule is CCS(=O)(=O)Oc1cccc(CN(C(=O)c2ccc(Cl)c(Cl)c2)C(C)C)c1. The third kappa shape index (κ3) is 5.86. The first kappa shape index (κ1) is 21.5. The topological polar surface area (TPSA) is 63.7 Å². The van der Waals surface area contributed by atoms with Crippen LogP contribution in [0.15, 0.2) is 42.5 Å². The first-order valence-corrected chi connectivity index (χ1v) is 10.7. The second-order valence-corrected chi connectivity index (χ2v) is 8.91. The van der Waals surface area contributed by atoms with Crippen molar-refractivity contribution in [2.24, 2.45) is 0 Å². The lowest BCUT2D eigenvalue weighted by molar-refractivity contribution is 0.0690. The summed E-state index contributed by atoms with van der Waals surface area (Å²) < 4.78 is 28.4. The normalized spacial score (nSPS) is 11.5. The van der Waals surface area contributed by atoms with Crippen LogP contribution in [0, 0.1) is 0 Å². The highest BCUT2D eigenvalue weighted by atomic mass is 35.5. The predicted molar refractivity (Wildman–Crippen MR) is 108 cm³/mol. The van der Waals surface area contributed by atoms with E-state index in [1.54, 1.807) is 35.2 Å². The predicted octanol–water partition coefficient (Wildman–Crippen LogP) is 4.77. The van der Waals surface area contributed by atoms with E-state index in [1.165, 1.54) is 13.0 Å². The molecule has 2 aromatic rings. The zero-order valence-corrected chi connectivity index (χ0v) is 17.6. The zero-order chi connectivity index (χ0) is 20.2. The first-order chi connectivity index (χ1) is 12.6. The summed E-state index contributed by atoms with van der Waals surface area (Å²) in [6, 6.07) is 11.3. The maximum absolute atomic E-state index is 12.9. The highest BCUT2D eigenvalue weighted by molar-refractivity contribution is 7.87. The van der Waals surface area contributed by atoms with Crippen molar-refractivity contribution in [2.45, 2.75) is 33.4 Å². The van der Waals surface area contributed by atoms with Crippen molar-refractivity contribution >= 4 is 39.2 Å². The van der Waals surface area contributed by atoms with Gasteiger partial charge in [-0.25, -0.2) is 0 Å². The van der Waals surface area contributed by atoms with Crippen molar-refractivity contribution in [3.05, 3.63) is 63.6 Å². The summed E-state index contributed by atoms with van der Waals surface area (Å²) in [5, 5.41) is 0.692. The first-order valence-electron chi connectivity index (χ1n) is 8.40. The Labute approximate surface area is 170 Å². The van der Waals surface area contributed by atoms with Gasteiger partial charge in [0, 0.05) is 18.2 Å². The number of carbonyl (C=O) groups excluding carboxylic acids is 1. The molecule has 0 atom stereocenters. The number of rotatable bonds is 7. The fourth-order valence-corrected chi connectivity index (χ4v) is 3.19. The lowest BCUT2D eigenvalue weighted by Crippen LogP contribution is -2.36. The molecule has 5 nitrogen and oxygen atoms in total. The Balaban J connectivity index is 2.26. The van der Waals surface area contributed by atoms with E-state index in [1.807, 2.05) is 19.9 Å². The molecule has 0 aromatic heterocycles. The second kappa shape index (κ2) is 8.95. The molecule has 2 rings (SSSR count). The van der Waals surface area contributed by atoms with Crippen LogP contribution < -0.4 is 4.18 Å². The quantitative estimate of drug-likeness (QED) is 0.594. The lowest BCUT2D eigenvalue weighted by Gasteiger charge is -2.27. The molecular formula is C19H21Cl2NO4S. The molecule has 0 heterocycles. The Hall–Kier alpha value is -1.76. The lowest BCUT2D eigenvalue weighted by atomic mass is 10.1. The molecule has 0 N–H and O–H groups in total. The van der Waals surface area contributed by atoms with Gasteiger partial charge in [0.15, 0.2) is 0 Å². The van der Waals surface area contributed by atoms with E-state index in [0.717, 1.165) is 5.56 Å². The number of carbonyl (C=O) groups is 1. The molecule has 0 aliphatic heterocycles. The number of amides is 1. The highest BCUT2D eigenvalue weighted by Gasteiger charge is 2.20. The van der Waals surface area contributed by atoms with E-state index in [-0.39, 0.29) is 23.5 Å². The summed E-state index contributed by atoms with van der Waals surface area (Å²) in [5.41, 5.74) is 1.18. The molecular weight excluding hydrogens is 409 g/mol. The van der Waals surface area contributed by atoms with Crippen LogP contribution in [0.5, 0.6) is 5.75 Å². The van der Waals surface area contributed by atoms with Crippen molar-refractivity contribution in [2.75, 3.05) is 5.75 Å². The van der Waals surface area contributed by atoms with Gasteiger partial charge in [-0.2, -0.15) is 8.42 Å². The minimum Gasteiger partial charge on any atom is -0.382 e. The average molecular weight is 430 g/mol. The minimum atomic E-state index is -3.61. The molecule has 0 bridgehead atoms. The molecule has 0 saturated heterocycles. The van der Waals surface area contributed by atoms with E-state index in [4.69, 9.17) is 27.4 Å². The summed E-state index contributed by atoms with van der Waals surface area (Å²) >= 11 is 11.9. The minimum absolute atomic E-state index is 0.0871. The van der Waals surface area contributed by atoms with Crippen LogP contribution in [0.25, 0.3) is 0 Å². The van der Waals surface area contributed by atoms with Gasteiger partial charge in [-0.05, 0) is 56.7 Å². The van der Waals surface area contributed by atoms with Gasteiger partial charge in [-0.3, -0.25) is 4.79 Å². The van der Waals surface area contributed by atoms with Crippen molar-refractivity contribution in [1.82, 2.24) is 4.90 Å². The molecule has 0 fully saturated rings. The van der Waals surface area contributed by atoms with Gasteiger partial charge in [0.25, 0.3) is 5.91 Å². The van der Waals surface area contributed by atoms with Crippen LogP contribution in [0.2, 0.25) is 10.0 Å². The Bertz CT molecular complexity index is 929. The summed E-state index contributed by atoms with van der Waals surface area (Å²) in [7, 11) is -3.61. The molecule has 0 saturated carbocycles. The fraction of sp³-hybridized carbons (Fsp3) is 0.316. The van der Waals surface area contributed by atoms with E-state index >= 15 is 0 Å². The van der Waals surface area contributed by atoms with Gasteiger partial charge in [-0.15, -0.1) is 0 Å². The molecule has 27 heavy (non-hydrogen) atoms. The molecule has 0 aliphatic rings. The maximum Gasteiger partial charge on any atom is 0.308 e. The standard InChI is InChI=1S/C19H21Cl2NO4S/c1-4-27(24,25)26-16-7-5-6-14(10-16)12-22(13(2)3)19(23)15-8-9-17(20)18(21)11-15/h5-11,13H,4,12H2,1-3H3. The number of hydrogen-bond acceptors (Lipinski definition) is 4. The van der Waals surface area contributed by atoms with E-state index < -0.39 is 10.1 Å². The highest BCUT2D eigenvalue weighted by Crippen LogP contribution is 2.25. The molecule has 0 aliphatic carbocycles. The molecule has 146 valence electrons. The van der Waals surface area contributed by atoms with Crippen LogP contribution in [0.3, 0.4) is 0 Å². The van der Waals surface area contributed by atoms with Crippen molar-refractivity contribution in [3.8, 4) is 5.75 Å². The van der Waals surface area contributed by atoms with Gasteiger partial charge in [0.05, 0.1) is 15.8 Å². The summed E-state index contributed by atoms with van der Waals surface area (Å²) in [5.74, 6) is -0.0957. The molecule has 0 unspecified atom stereocenters. The smallest absolute Gasteiger partial charge is 0.308 e. The van der Waals surface area contributed by atoms with Crippen LogP contribution in [-0.4, -0.2) is 31.0 Å². The van der Waals surface area contributed by atoms with E-state index in [2.05, 4.69) is 0 Å². The third-order valence-corrected chi connectivity index (χ3v) is 5.77. The van der Waals surface area contributed by atoms with Crippen molar-refractivity contribution in [1.29, 1.82) is 0 Å². The van der Waals surface area contributed by atoms with Gasteiger partial charge in [0.1, 0.15) is 5.75 Å². The zero-order valence-electron chi connectivity index (χ0n) is 15.3. The van der Waals surface area contributed by atoms with Crippen molar-refractivity contribution < 1.29 is 17.4 Å². The Morgan fingerprint density at radius 1 is 1.11 bits per heavy atom. The molecule has 2 aromatic carbocycles. The summed E-state index contributed by atoms with van der Waals surface area (Å²) in [6.45, 7) is 5.60. The third-order valence-electron chi connectivity index (χ3n) is 3.88. The number of nitrogens with zero attached hydrogens (tertiary/aromatic N) is 1. The Morgan fingerprint density at radius 3 is 2.41 bits per heavy atom. The van der Waals surface area contributed by atoms with Crippen LogP contribution >= 0.6 is 23.2 Å². The number of hydrogen-bond donors (Lipinski definition) is 0. The van der Waals surface area contributed by atoms with Gasteiger partial charge < -0.3 is 9.08 Å². The molecule has 1 amide bonds. The van der Waals surface area contributed by atoms with Gasteiger partial charge in [0.2, 0.25) is 0 Å². The average Bonchev–Trinajstić information content (AvgIpc) is 2.61. The molecule has 0 radical (unpaired) electrons.